The van der Waals surface area contributed by atoms with Gasteiger partial charge in [0.1, 0.15) is 0 Å². The van der Waals surface area contributed by atoms with Crippen LogP contribution in [0.3, 0.4) is 0 Å². The molecule has 16 heavy (non-hydrogen) atoms. The molecule has 2 nitrogen and oxygen atoms in total. The van der Waals surface area contributed by atoms with Crippen molar-refractivity contribution in [3.05, 3.63) is 29.3 Å². The summed E-state index contributed by atoms with van der Waals surface area (Å²) in [5.41, 5.74) is 10.2. The molecule has 0 spiro atoms. The van der Waals surface area contributed by atoms with Crippen molar-refractivity contribution in [2.24, 2.45) is 5.73 Å². The SMILES string of the molecule is CCN1CCCc2cc(CC(C)N)ccc21. The zero-order chi connectivity index (χ0) is 11.5. The number of nitrogens with zero attached hydrogens (tertiary/aromatic N) is 1. The first-order chi connectivity index (χ1) is 7.70. The molecule has 1 aromatic rings. The topological polar surface area (TPSA) is 29.3 Å². The Morgan fingerprint density at radius 2 is 2.25 bits per heavy atom. The van der Waals surface area contributed by atoms with E-state index in [0.717, 1.165) is 13.0 Å². The number of nitrogens with two attached hydrogens (primary N) is 1. The molecule has 2 N–H and O–H groups in total. The smallest absolute Gasteiger partial charge is 0.0398 e. The van der Waals surface area contributed by atoms with Gasteiger partial charge in [0.25, 0.3) is 0 Å². The molecule has 2 heteroatoms. The second-order valence-electron chi connectivity index (χ2n) is 4.83. The molecule has 0 saturated heterocycles. The van der Waals surface area contributed by atoms with Crippen LogP contribution in [0.25, 0.3) is 0 Å². The van der Waals surface area contributed by atoms with Crippen molar-refractivity contribution >= 4 is 5.69 Å². The fourth-order valence-corrected chi connectivity index (χ4v) is 2.56. The van der Waals surface area contributed by atoms with E-state index in [0.29, 0.717) is 0 Å². The molecule has 1 aromatic carbocycles. The minimum absolute atomic E-state index is 0.254. The van der Waals surface area contributed by atoms with Crippen molar-refractivity contribution in [1.82, 2.24) is 0 Å². The lowest BCUT2D eigenvalue weighted by Crippen LogP contribution is -2.29. The molecule has 0 aliphatic carbocycles. The summed E-state index contributed by atoms with van der Waals surface area (Å²) in [6, 6.07) is 7.11. The average Bonchev–Trinajstić information content (AvgIpc) is 2.27. The Morgan fingerprint density at radius 3 is 2.94 bits per heavy atom. The van der Waals surface area contributed by atoms with Crippen molar-refractivity contribution in [3.63, 3.8) is 0 Å². The van der Waals surface area contributed by atoms with E-state index in [4.69, 9.17) is 5.73 Å². The first-order valence-corrected chi connectivity index (χ1v) is 6.33. The molecule has 0 fully saturated rings. The highest BCUT2D eigenvalue weighted by Crippen LogP contribution is 2.27. The quantitative estimate of drug-likeness (QED) is 0.844. The van der Waals surface area contributed by atoms with Crippen LogP contribution in [-0.2, 0) is 12.8 Å². The third-order valence-corrected chi connectivity index (χ3v) is 3.30. The number of anilines is 1. The molecule has 1 aliphatic heterocycles. The van der Waals surface area contributed by atoms with Crippen LogP contribution in [0.1, 0.15) is 31.4 Å². The van der Waals surface area contributed by atoms with Crippen LogP contribution in [0.15, 0.2) is 18.2 Å². The van der Waals surface area contributed by atoms with Crippen LogP contribution in [0.2, 0.25) is 0 Å². The lowest BCUT2D eigenvalue weighted by atomic mass is 9.97. The van der Waals surface area contributed by atoms with Gasteiger partial charge in [-0.2, -0.15) is 0 Å². The summed E-state index contributed by atoms with van der Waals surface area (Å²) in [7, 11) is 0. The number of benzene rings is 1. The molecular formula is C14H22N2. The minimum atomic E-state index is 0.254. The molecule has 0 bridgehead atoms. The molecule has 1 aliphatic rings. The first-order valence-electron chi connectivity index (χ1n) is 6.33. The van der Waals surface area contributed by atoms with Crippen LogP contribution in [0.4, 0.5) is 5.69 Å². The lowest BCUT2D eigenvalue weighted by Gasteiger charge is -2.30. The normalized spacial score (nSPS) is 17.1. The third kappa shape index (κ3) is 2.38. The van der Waals surface area contributed by atoms with Gasteiger partial charge in [-0.15, -0.1) is 0 Å². The van der Waals surface area contributed by atoms with E-state index in [9.17, 15) is 0 Å². The van der Waals surface area contributed by atoms with E-state index in [2.05, 4.69) is 36.9 Å². The number of aryl methyl sites for hydroxylation is 1. The predicted molar refractivity (Wildman–Crippen MR) is 70.0 cm³/mol. The van der Waals surface area contributed by atoms with E-state index in [1.165, 1.54) is 36.2 Å². The van der Waals surface area contributed by atoms with Crippen LogP contribution in [0.5, 0.6) is 0 Å². The Morgan fingerprint density at radius 1 is 1.44 bits per heavy atom. The van der Waals surface area contributed by atoms with Crippen molar-refractivity contribution in [2.75, 3.05) is 18.0 Å². The molecular weight excluding hydrogens is 196 g/mol. The van der Waals surface area contributed by atoms with Crippen LogP contribution in [-0.4, -0.2) is 19.1 Å². The molecule has 1 heterocycles. The Bertz CT molecular complexity index is 358. The second-order valence-corrected chi connectivity index (χ2v) is 4.83. The molecule has 2 rings (SSSR count). The minimum Gasteiger partial charge on any atom is -0.372 e. The van der Waals surface area contributed by atoms with E-state index < -0.39 is 0 Å². The maximum atomic E-state index is 5.84. The maximum Gasteiger partial charge on any atom is 0.0398 e. The van der Waals surface area contributed by atoms with Crippen molar-refractivity contribution < 1.29 is 0 Å². The molecule has 1 unspecified atom stereocenters. The summed E-state index contributed by atoms with van der Waals surface area (Å²) in [4.78, 5) is 2.47. The van der Waals surface area contributed by atoms with Crippen LogP contribution >= 0.6 is 0 Å². The number of hydrogen-bond acceptors (Lipinski definition) is 2. The lowest BCUT2D eigenvalue weighted by molar-refractivity contribution is 0.701. The third-order valence-electron chi connectivity index (χ3n) is 3.30. The Kier molecular flexibility index (Phi) is 3.49. The summed E-state index contributed by atoms with van der Waals surface area (Å²) in [5.74, 6) is 0. The fraction of sp³-hybridized carbons (Fsp3) is 0.571. The van der Waals surface area contributed by atoms with Gasteiger partial charge in [-0.25, -0.2) is 0 Å². The van der Waals surface area contributed by atoms with Crippen molar-refractivity contribution in [1.29, 1.82) is 0 Å². The highest BCUT2D eigenvalue weighted by atomic mass is 15.1. The Hall–Kier alpha value is -1.02. The van der Waals surface area contributed by atoms with Gasteiger partial charge in [-0.1, -0.05) is 12.1 Å². The predicted octanol–water partition coefficient (Wildman–Crippen LogP) is 2.35. The summed E-state index contributed by atoms with van der Waals surface area (Å²) < 4.78 is 0. The highest BCUT2D eigenvalue weighted by molar-refractivity contribution is 5.56. The van der Waals surface area contributed by atoms with E-state index in [1.54, 1.807) is 0 Å². The van der Waals surface area contributed by atoms with E-state index in [-0.39, 0.29) is 6.04 Å². The van der Waals surface area contributed by atoms with E-state index in [1.807, 2.05) is 0 Å². The fourth-order valence-electron chi connectivity index (χ4n) is 2.56. The Labute approximate surface area is 98.4 Å². The van der Waals surface area contributed by atoms with Gasteiger partial charge >= 0.3 is 0 Å². The molecule has 0 aromatic heterocycles. The highest BCUT2D eigenvalue weighted by Gasteiger charge is 2.15. The average molecular weight is 218 g/mol. The molecule has 0 saturated carbocycles. The van der Waals surface area contributed by atoms with E-state index >= 15 is 0 Å². The summed E-state index contributed by atoms with van der Waals surface area (Å²) >= 11 is 0. The Balaban J connectivity index is 2.24. The monoisotopic (exact) mass is 218 g/mol. The van der Waals surface area contributed by atoms with Crippen LogP contribution in [0, 0.1) is 0 Å². The molecule has 1 atom stereocenters. The maximum absolute atomic E-state index is 5.84. The van der Waals surface area contributed by atoms with Gasteiger partial charge in [-0.05, 0) is 50.3 Å². The number of hydrogen-bond donors (Lipinski definition) is 1. The van der Waals surface area contributed by atoms with Gasteiger partial charge in [-0.3, -0.25) is 0 Å². The summed E-state index contributed by atoms with van der Waals surface area (Å²) in [6.45, 7) is 6.61. The van der Waals surface area contributed by atoms with Gasteiger partial charge in [0, 0.05) is 24.8 Å². The first kappa shape index (κ1) is 11.5. The second kappa shape index (κ2) is 4.88. The number of fused-ring (bicyclic) bond motifs is 1. The largest absolute Gasteiger partial charge is 0.372 e. The summed E-state index contributed by atoms with van der Waals surface area (Å²) in [6.07, 6.45) is 3.49. The van der Waals surface area contributed by atoms with Gasteiger partial charge in [0.2, 0.25) is 0 Å². The standard InChI is InChI=1S/C14H22N2/c1-3-16-8-4-5-13-10-12(9-11(2)15)6-7-14(13)16/h6-7,10-11H,3-5,8-9,15H2,1-2H3. The van der Waals surface area contributed by atoms with Crippen molar-refractivity contribution in [3.8, 4) is 0 Å². The van der Waals surface area contributed by atoms with Crippen molar-refractivity contribution in [2.45, 2.75) is 39.2 Å². The molecule has 0 radical (unpaired) electrons. The zero-order valence-corrected chi connectivity index (χ0v) is 10.4. The molecule has 0 amide bonds. The van der Waals surface area contributed by atoms with Crippen LogP contribution < -0.4 is 10.6 Å². The van der Waals surface area contributed by atoms with Gasteiger partial charge in [0.05, 0.1) is 0 Å². The zero-order valence-electron chi connectivity index (χ0n) is 10.4. The van der Waals surface area contributed by atoms with Gasteiger partial charge in [0.15, 0.2) is 0 Å². The summed E-state index contributed by atoms with van der Waals surface area (Å²) in [5, 5.41) is 0. The molecule has 88 valence electrons. The van der Waals surface area contributed by atoms with Gasteiger partial charge < -0.3 is 10.6 Å². The number of rotatable bonds is 3.